The fraction of sp³-hybridized carbons (Fsp3) is 0.211. The molecule has 1 aromatic carbocycles. The number of pyridine rings is 1. The van der Waals surface area contributed by atoms with E-state index in [1.165, 1.54) is 12.3 Å². The third-order valence-corrected chi connectivity index (χ3v) is 4.33. The highest BCUT2D eigenvalue weighted by Gasteiger charge is 2.52. The van der Waals surface area contributed by atoms with E-state index in [0.717, 1.165) is 0 Å². The van der Waals surface area contributed by atoms with Crippen LogP contribution in [0.3, 0.4) is 0 Å². The average molecular weight is 382 g/mol. The fourth-order valence-corrected chi connectivity index (χ4v) is 2.88. The van der Waals surface area contributed by atoms with E-state index >= 15 is 0 Å². The largest absolute Gasteiger partial charge is 0.451 e. The monoisotopic (exact) mass is 382 g/mol. The molecular formula is C19H18N4O5. The number of esters is 1. The number of benzene rings is 1. The van der Waals surface area contributed by atoms with Gasteiger partial charge >= 0.3 is 12.0 Å². The molecule has 2 aromatic rings. The normalized spacial score (nSPS) is 18.5. The molecule has 0 saturated carbocycles. The van der Waals surface area contributed by atoms with Gasteiger partial charge in [0.1, 0.15) is 11.2 Å². The van der Waals surface area contributed by atoms with Crippen LogP contribution in [0.15, 0.2) is 54.7 Å². The van der Waals surface area contributed by atoms with Crippen molar-refractivity contribution in [3.05, 3.63) is 66.0 Å². The van der Waals surface area contributed by atoms with Gasteiger partial charge in [-0.2, -0.15) is 5.01 Å². The lowest BCUT2D eigenvalue weighted by molar-refractivity contribution is -0.140. The van der Waals surface area contributed by atoms with Gasteiger partial charge in [0.25, 0.3) is 11.8 Å². The van der Waals surface area contributed by atoms with Crippen molar-refractivity contribution in [1.82, 2.24) is 20.7 Å². The minimum absolute atomic E-state index is 0.0411. The number of imide groups is 1. The van der Waals surface area contributed by atoms with Gasteiger partial charge < -0.3 is 10.1 Å². The molecule has 1 atom stereocenters. The topological polar surface area (TPSA) is 118 Å². The van der Waals surface area contributed by atoms with Crippen LogP contribution in [0.1, 0.15) is 29.4 Å². The number of nitrogens with zero attached hydrogens (tertiary/aromatic N) is 2. The fourth-order valence-electron chi connectivity index (χ4n) is 2.88. The maximum Gasteiger partial charge on any atom is 0.357 e. The van der Waals surface area contributed by atoms with E-state index in [2.05, 4.69) is 15.7 Å². The van der Waals surface area contributed by atoms with E-state index in [1.54, 1.807) is 49.4 Å². The Labute approximate surface area is 160 Å². The van der Waals surface area contributed by atoms with Crippen molar-refractivity contribution in [2.24, 2.45) is 0 Å². The number of hydrogen-bond donors (Lipinski definition) is 2. The van der Waals surface area contributed by atoms with E-state index in [-0.39, 0.29) is 5.69 Å². The lowest BCUT2D eigenvalue weighted by Crippen LogP contribution is -2.49. The molecule has 0 spiro atoms. The molecule has 2 N–H and O–H groups in total. The van der Waals surface area contributed by atoms with Crippen molar-refractivity contribution < 1.29 is 23.9 Å². The lowest BCUT2D eigenvalue weighted by Gasteiger charge is -2.25. The summed E-state index contributed by atoms with van der Waals surface area (Å²) in [5, 5.41) is 3.24. The van der Waals surface area contributed by atoms with Crippen LogP contribution in [0.5, 0.6) is 0 Å². The smallest absolute Gasteiger partial charge is 0.357 e. The van der Waals surface area contributed by atoms with Gasteiger partial charge in [0, 0.05) is 6.20 Å². The zero-order valence-electron chi connectivity index (χ0n) is 15.0. The van der Waals surface area contributed by atoms with Gasteiger partial charge in [0.2, 0.25) is 0 Å². The van der Waals surface area contributed by atoms with Crippen LogP contribution in [0.2, 0.25) is 0 Å². The Morgan fingerprint density at radius 3 is 2.50 bits per heavy atom. The van der Waals surface area contributed by atoms with Crippen LogP contribution in [0, 0.1) is 0 Å². The third-order valence-electron chi connectivity index (χ3n) is 4.33. The van der Waals surface area contributed by atoms with Gasteiger partial charge in [-0.05, 0) is 24.1 Å². The molecule has 0 unspecified atom stereocenters. The molecule has 144 valence electrons. The van der Waals surface area contributed by atoms with Crippen LogP contribution in [0.4, 0.5) is 4.79 Å². The van der Waals surface area contributed by atoms with Crippen LogP contribution >= 0.6 is 0 Å². The minimum Gasteiger partial charge on any atom is -0.451 e. The Bertz CT molecular complexity index is 903. The van der Waals surface area contributed by atoms with Crippen molar-refractivity contribution in [3.8, 4) is 0 Å². The number of amides is 4. The summed E-state index contributed by atoms with van der Waals surface area (Å²) >= 11 is 0. The Morgan fingerprint density at radius 2 is 1.86 bits per heavy atom. The number of hydrogen-bond acceptors (Lipinski definition) is 6. The number of carbonyl (C=O) groups is 4. The molecule has 1 aliphatic heterocycles. The Hall–Kier alpha value is -3.75. The number of aromatic nitrogens is 1. The van der Waals surface area contributed by atoms with Crippen LogP contribution < -0.4 is 10.7 Å². The first-order chi connectivity index (χ1) is 13.5. The lowest BCUT2D eigenvalue weighted by atomic mass is 9.87. The summed E-state index contributed by atoms with van der Waals surface area (Å²) in [5.74, 6) is -2.23. The van der Waals surface area contributed by atoms with E-state index < -0.39 is 36.0 Å². The molecule has 1 saturated heterocycles. The van der Waals surface area contributed by atoms with Gasteiger partial charge in [0.05, 0.1) is 0 Å². The van der Waals surface area contributed by atoms with Crippen molar-refractivity contribution in [2.75, 3.05) is 6.61 Å². The molecule has 0 aliphatic carbocycles. The number of carbonyl (C=O) groups excluding carboxylic acids is 4. The Balaban J connectivity index is 1.65. The molecule has 4 amide bonds. The first-order valence-electron chi connectivity index (χ1n) is 8.58. The molecule has 9 nitrogen and oxygen atoms in total. The number of nitrogens with one attached hydrogen (secondary N) is 2. The second-order valence-electron chi connectivity index (χ2n) is 6.02. The van der Waals surface area contributed by atoms with E-state index in [0.29, 0.717) is 17.0 Å². The summed E-state index contributed by atoms with van der Waals surface area (Å²) in [7, 11) is 0. The van der Waals surface area contributed by atoms with Gasteiger partial charge in [0.15, 0.2) is 6.61 Å². The molecule has 2 heterocycles. The highest BCUT2D eigenvalue weighted by molar-refractivity contribution is 6.08. The minimum atomic E-state index is -1.27. The first-order valence-corrected chi connectivity index (χ1v) is 8.58. The zero-order chi connectivity index (χ0) is 20.1. The van der Waals surface area contributed by atoms with Gasteiger partial charge in [-0.25, -0.2) is 14.6 Å². The molecule has 9 heteroatoms. The number of hydrazine groups is 1. The third kappa shape index (κ3) is 3.54. The summed E-state index contributed by atoms with van der Waals surface area (Å²) in [6.45, 7) is 1.09. The van der Waals surface area contributed by atoms with Crippen LogP contribution in [-0.2, 0) is 19.9 Å². The highest BCUT2D eigenvalue weighted by Crippen LogP contribution is 2.31. The van der Waals surface area contributed by atoms with Gasteiger partial charge in [-0.1, -0.05) is 43.3 Å². The summed E-state index contributed by atoms with van der Waals surface area (Å²) in [5.41, 5.74) is 1.56. The predicted molar refractivity (Wildman–Crippen MR) is 96.5 cm³/mol. The van der Waals surface area contributed by atoms with E-state index in [9.17, 15) is 19.2 Å². The molecule has 1 aliphatic rings. The molecular weight excluding hydrogens is 364 g/mol. The standard InChI is InChI=1S/C19H18N4O5/c1-2-19(13-8-4-3-5-9-13)17(26)23(18(27)21-19)22-15(24)12-28-16(25)14-10-6-7-11-20-14/h3-11H,2,12H2,1H3,(H,21,27)(H,22,24)/t19-/m1/s1. The van der Waals surface area contributed by atoms with Crippen LogP contribution in [-0.4, -0.2) is 40.4 Å². The van der Waals surface area contributed by atoms with Gasteiger partial charge in [-0.3, -0.25) is 15.0 Å². The Kier molecular flexibility index (Phi) is 5.35. The van der Waals surface area contributed by atoms with Crippen LogP contribution in [0.25, 0.3) is 0 Å². The van der Waals surface area contributed by atoms with Crippen molar-refractivity contribution in [2.45, 2.75) is 18.9 Å². The zero-order valence-corrected chi connectivity index (χ0v) is 15.0. The molecule has 0 bridgehead atoms. The quantitative estimate of drug-likeness (QED) is 0.571. The maximum absolute atomic E-state index is 12.9. The SMILES string of the molecule is CC[C@]1(c2ccccc2)NC(=O)N(NC(=O)COC(=O)c2ccccn2)C1=O. The molecule has 3 rings (SSSR count). The number of ether oxygens (including phenoxy) is 1. The van der Waals surface area contributed by atoms with Crippen molar-refractivity contribution in [1.29, 1.82) is 0 Å². The second-order valence-corrected chi connectivity index (χ2v) is 6.02. The Morgan fingerprint density at radius 1 is 1.14 bits per heavy atom. The summed E-state index contributed by atoms with van der Waals surface area (Å²) in [6, 6.07) is 12.7. The average Bonchev–Trinajstić information content (AvgIpc) is 2.98. The molecule has 28 heavy (non-hydrogen) atoms. The second kappa shape index (κ2) is 7.87. The molecule has 1 aromatic heterocycles. The first kappa shape index (κ1) is 19.0. The molecule has 1 fully saturated rings. The maximum atomic E-state index is 12.9. The summed E-state index contributed by atoms with van der Waals surface area (Å²) in [4.78, 5) is 52.9. The van der Waals surface area contributed by atoms with Gasteiger partial charge in [-0.15, -0.1) is 0 Å². The van der Waals surface area contributed by atoms with E-state index in [1.807, 2.05) is 0 Å². The summed E-state index contributed by atoms with van der Waals surface area (Å²) < 4.78 is 4.85. The highest BCUT2D eigenvalue weighted by atomic mass is 16.5. The van der Waals surface area contributed by atoms with Crippen molar-refractivity contribution in [3.63, 3.8) is 0 Å². The number of urea groups is 1. The predicted octanol–water partition coefficient (Wildman–Crippen LogP) is 1.13. The molecule has 0 radical (unpaired) electrons. The summed E-state index contributed by atoms with van der Waals surface area (Å²) in [6.07, 6.45) is 1.71. The van der Waals surface area contributed by atoms with Crippen molar-refractivity contribution >= 4 is 23.8 Å². The van der Waals surface area contributed by atoms with E-state index in [4.69, 9.17) is 4.74 Å². The number of rotatable bonds is 6.